The molecule has 4 rings (SSSR count). The Labute approximate surface area is 233 Å². The molecular weight excluding hydrogens is 554 g/mol. The monoisotopic (exact) mass is 581 g/mol. The van der Waals surface area contributed by atoms with Gasteiger partial charge in [0.05, 0.1) is 18.7 Å². The molecule has 0 atom stereocenters. The summed E-state index contributed by atoms with van der Waals surface area (Å²) >= 11 is 6.04. The first-order valence-electron chi connectivity index (χ1n) is 12.7. The van der Waals surface area contributed by atoms with Crippen molar-refractivity contribution in [3.05, 3.63) is 70.6 Å². The first kappa shape index (κ1) is 29.3. The molecule has 1 amide bonds. The summed E-state index contributed by atoms with van der Waals surface area (Å²) in [5.41, 5.74) is -0.725. The minimum absolute atomic E-state index is 0.0315. The third kappa shape index (κ3) is 7.95. The van der Waals surface area contributed by atoms with Crippen molar-refractivity contribution in [1.29, 1.82) is 0 Å². The molecule has 2 N–H and O–H groups in total. The number of aromatic nitrogens is 2. The minimum atomic E-state index is -4.62. The molecule has 1 aliphatic rings. The van der Waals surface area contributed by atoms with E-state index in [1.807, 2.05) is 0 Å². The van der Waals surface area contributed by atoms with E-state index in [4.69, 9.17) is 16.3 Å². The summed E-state index contributed by atoms with van der Waals surface area (Å²) in [6, 6.07) is 8.18. The lowest BCUT2D eigenvalue weighted by Crippen LogP contribution is -2.31. The smallest absolute Gasteiger partial charge is 0.416 e. The van der Waals surface area contributed by atoms with E-state index in [0.717, 1.165) is 49.2 Å². The van der Waals surface area contributed by atoms with Crippen molar-refractivity contribution in [2.45, 2.75) is 38.4 Å². The molecule has 1 aromatic heterocycles. The van der Waals surface area contributed by atoms with Gasteiger partial charge in [0.15, 0.2) is 11.6 Å². The van der Waals surface area contributed by atoms with E-state index >= 15 is 0 Å². The van der Waals surface area contributed by atoms with E-state index in [1.54, 1.807) is 6.07 Å². The Morgan fingerprint density at radius 2 is 1.90 bits per heavy atom. The fraction of sp³-hybridized carbons (Fsp3) is 0.370. The molecule has 1 fully saturated rings. The molecule has 1 aliphatic heterocycles. The maximum atomic E-state index is 14.6. The van der Waals surface area contributed by atoms with Gasteiger partial charge in [-0.1, -0.05) is 18.0 Å². The number of carbonyl (C=O) groups is 1. The van der Waals surface area contributed by atoms with Crippen LogP contribution >= 0.6 is 11.6 Å². The van der Waals surface area contributed by atoms with Crippen LogP contribution in [0.2, 0.25) is 5.02 Å². The van der Waals surface area contributed by atoms with Crippen molar-refractivity contribution in [3.8, 4) is 5.75 Å². The Bertz CT molecular complexity index is 1320. The zero-order valence-corrected chi connectivity index (χ0v) is 22.2. The van der Waals surface area contributed by atoms with Crippen LogP contribution in [0.3, 0.4) is 0 Å². The number of likely N-dealkylation sites (tertiary alicyclic amines) is 1. The van der Waals surface area contributed by atoms with Crippen molar-refractivity contribution in [3.63, 3.8) is 0 Å². The first-order chi connectivity index (χ1) is 19.1. The highest BCUT2D eigenvalue weighted by Crippen LogP contribution is 2.33. The van der Waals surface area contributed by atoms with Crippen molar-refractivity contribution >= 4 is 35.1 Å². The SMILES string of the molecule is O=C(O)N(Cc1cc(C(F)(F)F)ccc1Cl)c1ccnc(Nc2ccc(OCCCN3CCCCC3)c(F)c2)n1. The second-order valence-electron chi connectivity index (χ2n) is 9.29. The number of halogens is 5. The van der Waals surface area contributed by atoms with E-state index in [2.05, 4.69) is 20.2 Å². The molecule has 2 aromatic carbocycles. The third-order valence-electron chi connectivity index (χ3n) is 6.36. The predicted molar refractivity (Wildman–Crippen MR) is 143 cm³/mol. The van der Waals surface area contributed by atoms with Gasteiger partial charge >= 0.3 is 12.3 Å². The average Bonchev–Trinajstić information content (AvgIpc) is 2.91. The zero-order chi connectivity index (χ0) is 28.7. The number of benzene rings is 2. The maximum absolute atomic E-state index is 14.6. The molecule has 13 heteroatoms. The number of anilines is 3. The van der Waals surface area contributed by atoms with Crippen LogP contribution in [0, 0.1) is 5.82 Å². The highest BCUT2D eigenvalue weighted by molar-refractivity contribution is 6.31. The third-order valence-corrected chi connectivity index (χ3v) is 6.73. The van der Waals surface area contributed by atoms with Crippen molar-refractivity contribution in [2.24, 2.45) is 0 Å². The van der Waals surface area contributed by atoms with Crippen LogP contribution in [-0.4, -0.2) is 52.3 Å². The number of piperidine rings is 1. The molecule has 2 heterocycles. The molecule has 0 bridgehead atoms. The van der Waals surface area contributed by atoms with Gasteiger partial charge in [0.2, 0.25) is 5.95 Å². The van der Waals surface area contributed by atoms with Crippen LogP contribution in [-0.2, 0) is 12.7 Å². The second-order valence-corrected chi connectivity index (χ2v) is 9.69. The average molecular weight is 582 g/mol. The Morgan fingerprint density at radius 3 is 2.60 bits per heavy atom. The normalized spacial score (nSPS) is 14.1. The van der Waals surface area contributed by atoms with Crippen LogP contribution in [0.15, 0.2) is 48.7 Å². The summed E-state index contributed by atoms with van der Waals surface area (Å²) in [6.45, 7) is 2.96. The van der Waals surface area contributed by atoms with Gasteiger partial charge in [-0.3, -0.25) is 4.90 Å². The Kier molecular flexibility index (Phi) is 9.64. The second kappa shape index (κ2) is 13.1. The first-order valence-corrected chi connectivity index (χ1v) is 13.1. The number of nitrogens with one attached hydrogen (secondary N) is 1. The number of rotatable bonds is 10. The number of amides is 1. The highest BCUT2D eigenvalue weighted by Gasteiger charge is 2.31. The van der Waals surface area contributed by atoms with E-state index in [-0.39, 0.29) is 33.8 Å². The molecule has 1 saturated heterocycles. The van der Waals surface area contributed by atoms with Gasteiger partial charge in [-0.05, 0) is 74.3 Å². The molecular formula is C27H28ClF4N5O3. The van der Waals surface area contributed by atoms with E-state index < -0.39 is 30.2 Å². The number of ether oxygens (including phenoxy) is 1. The van der Waals surface area contributed by atoms with Crippen molar-refractivity contribution in [2.75, 3.05) is 36.5 Å². The van der Waals surface area contributed by atoms with Crippen molar-refractivity contribution in [1.82, 2.24) is 14.9 Å². The van der Waals surface area contributed by atoms with Crippen LogP contribution in [0.1, 0.15) is 36.8 Å². The highest BCUT2D eigenvalue weighted by atomic mass is 35.5. The Morgan fingerprint density at radius 1 is 1.12 bits per heavy atom. The van der Waals surface area contributed by atoms with E-state index in [1.165, 1.54) is 43.7 Å². The van der Waals surface area contributed by atoms with Crippen LogP contribution < -0.4 is 15.0 Å². The topological polar surface area (TPSA) is 90.8 Å². The number of nitrogens with zero attached hydrogens (tertiary/aromatic N) is 4. The molecule has 0 spiro atoms. The van der Waals surface area contributed by atoms with Gasteiger partial charge in [-0.2, -0.15) is 18.2 Å². The summed E-state index contributed by atoms with van der Waals surface area (Å²) in [6.07, 6.45) is -0.366. The van der Waals surface area contributed by atoms with Crippen molar-refractivity contribution < 1.29 is 32.2 Å². The molecule has 0 aliphatic carbocycles. The van der Waals surface area contributed by atoms with Gasteiger partial charge in [0.25, 0.3) is 0 Å². The molecule has 40 heavy (non-hydrogen) atoms. The van der Waals surface area contributed by atoms with E-state index in [9.17, 15) is 27.5 Å². The lowest BCUT2D eigenvalue weighted by Gasteiger charge is -2.26. The maximum Gasteiger partial charge on any atom is 0.416 e. The minimum Gasteiger partial charge on any atom is -0.490 e. The number of carboxylic acid groups (broad SMARTS) is 1. The van der Waals surface area contributed by atoms with Gasteiger partial charge in [-0.25, -0.2) is 14.2 Å². The summed E-state index contributed by atoms with van der Waals surface area (Å²) < 4.78 is 59.7. The van der Waals surface area contributed by atoms with Gasteiger partial charge in [0, 0.05) is 29.5 Å². The molecule has 3 aromatic rings. The Balaban J connectivity index is 1.40. The molecule has 0 radical (unpaired) electrons. The van der Waals surface area contributed by atoms with E-state index in [0.29, 0.717) is 6.61 Å². The standard InChI is InChI=1S/C27H28ClF4N5O3/c28-21-7-5-19(27(30,31)32)15-18(21)17-37(26(38)39)24-9-10-33-25(35-24)34-20-6-8-23(22(29)16-20)40-14-4-13-36-11-2-1-3-12-36/h5-10,15-16H,1-4,11-14,17H2,(H,38,39)(H,33,34,35). The summed E-state index contributed by atoms with van der Waals surface area (Å²) in [5, 5.41) is 12.5. The molecule has 0 saturated carbocycles. The van der Waals surface area contributed by atoms with Gasteiger partial charge < -0.3 is 20.1 Å². The number of hydrogen-bond donors (Lipinski definition) is 2. The largest absolute Gasteiger partial charge is 0.490 e. The van der Waals surface area contributed by atoms with Crippen LogP contribution in [0.25, 0.3) is 0 Å². The lowest BCUT2D eigenvalue weighted by molar-refractivity contribution is -0.137. The van der Waals surface area contributed by atoms with Crippen LogP contribution in [0.4, 0.5) is 39.8 Å². The molecule has 0 unspecified atom stereocenters. The number of hydrogen-bond acceptors (Lipinski definition) is 6. The Hall–Kier alpha value is -3.64. The quantitative estimate of drug-likeness (QED) is 0.197. The summed E-state index contributed by atoms with van der Waals surface area (Å²) in [4.78, 5) is 23.2. The number of alkyl halides is 3. The van der Waals surface area contributed by atoms with Gasteiger partial charge in [-0.15, -0.1) is 0 Å². The fourth-order valence-corrected chi connectivity index (χ4v) is 4.50. The van der Waals surface area contributed by atoms with Crippen LogP contribution in [0.5, 0.6) is 5.75 Å². The lowest BCUT2D eigenvalue weighted by atomic mass is 10.1. The predicted octanol–water partition coefficient (Wildman–Crippen LogP) is 6.97. The molecule has 214 valence electrons. The van der Waals surface area contributed by atoms with Gasteiger partial charge in [0.1, 0.15) is 5.82 Å². The summed E-state index contributed by atoms with van der Waals surface area (Å²) in [7, 11) is 0. The zero-order valence-electron chi connectivity index (χ0n) is 21.4. The molecule has 8 nitrogen and oxygen atoms in total. The fourth-order valence-electron chi connectivity index (χ4n) is 4.33. The summed E-state index contributed by atoms with van der Waals surface area (Å²) in [5.74, 6) is -0.652.